The maximum Gasteiger partial charge on any atom is 0.243 e. The van der Waals surface area contributed by atoms with Crippen LogP contribution in [0.4, 0.5) is 15.8 Å². The van der Waals surface area contributed by atoms with Crippen LogP contribution in [0, 0.1) is 9.39 Å². The predicted molar refractivity (Wildman–Crippen MR) is 82.7 cm³/mol. The third-order valence-electron chi connectivity index (χ3n) is 2.43. The molecule has 1 amide bonds. The highest BCUT2D eigenvalue weighted by atomic mass is 127. The molecule has 2 N–H and O–H groups in total. The van der Waals surface area contributed by atoms with Crippen LogP contribution in [0.3, 0.4) is 0 Å². The van der Waals surface area contributed by atoms with Crippen LogP contribution >= 0.6 is 22.6 Å². The Labute approximate surface area is 124 Å². The number of rotatable bonds is 4. The Hall–Kier alpha value is -1.63. The molecule has 0 saturated heterocycles. The molecule has 98 valence electrons. The second kappa shape index (κ2) is 6.51. The molecular weight excluding hydrogens is 358 g/mol. The Balaban J connectivity index is 1.84. The fraction of sp³-hybridized carbons (Fsp3) is 0.0714. The van der Waals surface area contributed by atoms with Gasteiger partial charge in [-0.1, -0.05) is 0 Å². The van der Waals surface area contributed by atoms with Gasteiger partial charge in [-0.15, -0.1) is 0 Å². The van der Waals surface area contributed by atoms with Crippen molar-refractivity contribution < 1.29 is 9.18 Å². The van der Waals surface area contributed by atoms with Crippen LogP contribution in [-0.4, -0.2) is 12.5 Å². The lowest BCUT2D eigenvalue weighted by Crippen LogP contribution is -2.21. The van der Waals surface area contributed by atoms with Crippen LogP contribution in [0.5, 0.6) is 0 Å². The van der Waals surface area contributed by atoms with Gasteiger partial charge < -0.3 is 10.6 Å². The Kier molecular flexibility index (Phi) is 4.73. The smallest absolute Gasteiger partial charge is 0.243 e. The molecule has 0 saturated carbocycles. The Bertz CT molecular complexity index is 555. The SMILES string of the molecule is O=C(CNc1ccc(F)cc1)Nc1ccc(I)cc1. The summed E-state index contributed by atoms with van der Waals surface area (Å²) in [5.74, 6) is -0.445. The molecule has 0 aromatic heterocycles. The van der Waals surface area contributed by atoms with Gasteiger partial charge in [0.15, 0.2) is 0 Å². The highest BCUT2D eigenvalue weighted by Crippen LogP contribution is 2.11. The highest BCUT2D eigenvalue weighted by molar-refractivity contribution is 14.1. The molecule has 0 heterocycles. The van der Waals surface area contributed by atoms with Crippen molar-refractivity contribution >= 4 is 39.9 Å². The van der Waals surface area contributed by atoms with Gasteiger partial charge in [-0.25, -0.2) is 4.39 Å². The normalized spacial score (nSPS) is 10.0. The summed E-state index contributed by atoms with van der Waals surface area (Å²) in [6.45, 7) is 0.137. The van der Waals surface area contributed by atoms with Crippen LogP contribution < -0.4 is 10.6 Å². The summed E-state index contributed by atoms with van der Waals surface area (Å²) >= 11 is 2.20. The van der Waals surface area contributed by atoms with E-state index in [1.165, 1.54) is 12.1 Å². The third kappa shape index (κ3) is 4.51. The summed E-state index contributed by atoms with van der Waals surface area (Å²) in [7, 11) is 0. The minimum absolute atomic E-state index is 0.137. The number of benzene rings is 2. The zero-order chi connectivity index (χ0) is 13.7. The first-order valence-electron chi connectivity index (χ1n) is 5.68. The zero-order valence-electron chi connectivity index (χ0n) is 9.99. The van der Waals surface area contributed by atoms with Gasteiger partial charge in [0.25, 0.3) is 0 Å². The van der Waals surface area contributed by atoms with Crippen LogP contribution in [0.15, 0.2) is 48.5 Å². The maximum absolute atomic E-state index is 12.7. The van der Waals surface area contributed by atoms with E-state index < -0.39 is 0 Å². The molecule has 19 heavy (non-hydrogen) atoms. The molecule has 2 aromatic rings. The molecule has 0 radical (unpaired) electrons. The number of anilines is 2. The predicted octanol–water partition coefficient (Wildman–Crippen LogP) is 3.48. The molecule has 2 aromatic carbocycles. The maximum atomic E-state index is 12.7. The summed E-state index contributed by atoms with van der Waals surface area (Å²) in [5.41, 5.74) is 1.46. The van der Waals surface area contributed by atoms with Crippen molar-refractivity contribution in [1.82, 2.24) is 0 Å². The topological polar surface area (TPSA) is 41.1 Å². The van der Waals surface area contributed by atoms with E-state index in [1.807, 2.05) is 24.3 Å². The average molecular weight is 370 g/mol. The summed E-state index contributed by atoms with van der Waals surface area (Å²) in [4.78, 5) is 11.7. The lowest BCUT2D eigenvalue weighted by atomic mass is 10.3. The molecule has 0 atom stereocenters. The third-order valence-corrected chi connectivity index (χ3v) is 3.14. The van der Waals surface area contributed by atoms with Crippen molar-refractivity contribution in [3.63, 3.8) is 0 Å². The van der Waals surface area contributed by atoms with Crippen molar-refractivity contribution in [2.75, 3.05) is 17.2 Å². The van der Waals surface area contributed by atoms with E-state index in [0.717, 1.165) is 9.26 Å². The lowest BCUT2D eigenvalue weighted by Gasteiger charge is -2.07. The molecule has 0 bridgehead atoms. The standard InChI is InChI=1S/C14H12FIN2O/c15-10-1-5-12(6-2-10)17-9-14(19)18-13-7-3-11(16)4-8-13/h1-8,17H,9H2,(H,18,19). The monoisotopic (exact) mass is 370 g/mol. The quantitative estimate of drug-likeness (QED) is 0.810. The van der Waals surface area contributed by atoms with Crippen molar-refractivity contribution in [3.8, 4) is 0 Å². The van der Waals surface area contributed by atoms with Gasteiger partial charge in [-0.2, -0.15) is 0 Å². The number of halogens is 2. The van der Waals surface area contributed by atoms with Crippen molar-refractivity contribution in [2.24, 2.45) is 0 Å². The summed E-state index contributed by atoms with van der Waals surface area (Å²) in [5, 5.41) is 5.69. The minimum Gasteiger partial charge on any atom is -0.376 e. The van der Waals surface area contributed by atoms with E-state index in [1.54, 1.807) is 12.1 Å². The van der Waals surface area contributed by atoms with Crippen LogP contribution in [0.2, 0.25) is 0 Å². The molecule has 3 nitrogen and oxygen atoms in total. The Morgan fingerprint density at radius 2 is 1.58 bits per heavy atom. The highest BCUT2D eigenvalue weighted by Gasteiger charge is 2.02. The van der Waals surface area contributed by atoms with Gasteiger partial charge in [-0.3, -0.25) is 4.79 Å². The minimum atomic E-state index is -0.297. The first-order chi connectivity index (χ1) is 9.13. The van der Waals surface area contributed by atoms with E-state index in [4.69, 9.17) is 0 Å². The molecule has 0 aliphatic rings. The van der Waals surface area contributed by atoms with Crippen LogP contribution in [0.1, 0.15) is 0 Å². The van der Waals surface area contributed by atoms with Gasteiger partial charge in [0.1, 0.15) is 5.82 Å². The number of amides is 1. The number of carbonyl (C=O) groups is 1. The second-order valence-electron chi connectivity index (χ2n) is 3.92. The van der Waals surface area contributed by atoms with Crippen molar-refractivity contribution in [2.45, 2.75) is 0 Å². The summed E-state index contributed by atoms with van der Waals surface area (Å²) in [6, 6.07) is 13.4. The largest absolute Gasteiger partial charge is 0.376 e. The fourth-order valence-electron chi connectivity index (χ4n) is 1.49. The zero-order valence-corrected chi connectivity index (χ0v) is 12.1. The van der Waals surface area contributed by atoms with Crippen molar-refractivity contribution in [3.05, 3.63) is 57.9 Å². The van der Waals surface area contributed by atoms with E-state index in [0.29, 0.717) is 5.69 Å². The van der Waals surface area contributed by atoms with E-state index >= 15 is 0 Å². The molecule has 0 aliphatic heterocycles. The van der Waals surface area contributed by atoms with Gasteiger partial charge >= 0.3 is 0 Å². The van der Waals surface area contributed by atoms with E-state index in [-0.39, 0.29) is 18.3 Å². The van der Waals surface area contributed by atoms with Gasteiger partial charge in [0, 0.05) is 14.9 Å². The van der Waals surface area contributed by atoms with E-state index in [9.17, 15) is 9.18 Å². The number of hydrogen-bond donors (Lipinski definition) is 2. The molecule has 2 rings (SSSR count). The first-order valence-corrected chi connectivity index (χ1v) is 6.76. The molecule has 0 spiro atoms. The fourth-order valence-corrected chi connectivity index (χ4v) is 1.85. The first kappa shape index (κ1) is 13.8. The Morgan fingerprint density at radius 3 is 2.21 bits per heavy atom. The number of hydrogen-bond acceptors (Lipinski definition) is 2. The summed E-state index contributed by atoms with van der Waals surface area (Å²) < 4.78 is 13.8. The number of nitrogens with one attached hydrogen (secondary N) is 2. The Morgan fingerprint density at radius 1 is 1.00 bits per heavy atom. The average Bonchev–Trinajstić information content (AvgIpc) is 2.41. The molecule has 5 heteroatoms. The molecular formula is C14H12FIN2O. The van der Waals surface area contributed by atoms with Crippen LogP contribution in [0.25, 0.3) is 0 Å². The lowest BCUT2D eigenvalue weighted by molar-refractivity contribution is -0.114. The second-order valence-corrected chi connectivity index (χ2v) is 5.16. The molecule has 0 unspecified atom stereocenters. The molecule has 0 aliphatic carbocycles. The van der Waals surface area contributed by atoms with Gasteiger partial charge in [0.2, 0.25) is 5.91 Å². The van der Waals surface area contributed by atoms with Crippen LogP contribution in [-0.2, 0) is 4.79 Å². The number of carbonyl (C=O) groups excluding carboxylic acids is 1. The van der Waals surface area contributed by atoms with Gasteiger partial charge in [0.05, 0.1) is 6.54 Å². The molecule has 0 fully saturated rings. The van der Waals surface area contributed by atoms with Gasteiger partial charge in [-0.05, 0) is 71.1 Å². The van der Waals surface area contributed by atoms with Crippen molar-refractivity contribution in [1.29, 1.82) is 0 Å². The summed E-state index contributed by atoms with van der Waals surface area (Å²) in [6.07, 6.45) is 0. The van der Waals surface area contributed by atoms with E-state index in [2.05, 4.69) is 33.2 Å².